The van der Waals surface area contributed by atoms with Crippen LogP contribution in [0.1, 0.15) is 33.1 Å². The van der Waals surface area contributed by atoms with E-state index in [0.29, 0.717) is 25.0 Å². The molecule has 2 N–H and O–H groups in total. The zero-order valence-corrected chi connectivity index (χ0v) is 9.70. The molecule has 1 unspecified atom stereocenters. The molecule has 0 bridgehead atoms. The summed E-state index contributed by atoms with van der Waals surface area (Å²) in [4.78, 5) is 12.3. The normalized spacial score (nSPS) is 20.3. The van der Waals surface area contributed by atoms with Crippen molar-refractivity contribution in [2.24, 2.45) is 5.92 Å². The molecule has 15 heavy (non-hydrogen) atoms. The molecule has 0 saturated carbocycles. The summed E-state index contributed by atoms with van der Waals surface area (Å²) in [5.41, 5.74) is 0. The standard InChI is InChI=1S/C11H22N2O2/c1-3-10(12-4-2)9-5-7-13(8-6-9)11(14)15/h9-10,12H,3-8H2,1-2H3,(H,14,15). The average molecular weight is 214 g/mol. The molecule has 0 spiro atoms. The van der Waals surface area contributed by atoms with Gasteiger partial charge in [-0.2, -0.15) is 0 Å². The van der Waals surface area contributed by atoms with E-state index in [1.165, 1.54) is 4.90 Å². The van der Waals surface area contributed by atoms with Gasteiger partial charge in [0.05, 0.1) is 0 Å². The van der Waals surface area contributed by atoms with E-state index >= 15 is 0 Å². The molecule has 1 fully saturated rings. The Kier molecular flexibility index (Phi) is 4.88. The molecule has 0 aromatic carbocycles. The third-order valence-electron chi connectivity index (χ3n) is 3.29. The molecule has 0 radical (unpaired) electrons. The lowest BCUT2D eigenvalue weighted by Crippen LogP contribution is -2.44. The van der Waals surface area contributed by atoms with Crippen LogP contribution in [0.2, 0.25) is 0 Å². The lowest BCUT2D eigenvalue weighted by atomic mass is 9.88. The van der Waals surface area contributed by atoms with Crippen molar-refractivity contribution in [3.63, 3.8) is 0 Å². The summed E-state index contributed by atoms with van der Waals surface area (Å²) in [7, 11) is 0. The number of likely N-dealkylation sites (tertiary alicyclic amines) is 1. The van der Waals surface area contributed by atoms with Crippen LogP contribution >= 0.6 is 0 Å². The summed E-state index contributed by atoms with van der Waals surface area (Å²) in [5, 5.41) is 12.3. The predicted molar refractivity (Wildman–Crippen MR) is 60.1 cm³/mol. The van der Waals surface area contributed by atoms with Crippen LogP contribution in [0.25, 0.3) is 0 Å². The average Bonchev–Trinajstić information content (AvgIpc) is 2.26. The van der Waals surface area contributed by atoms with E-state index in [2.05, 4.69) is 19.2 Å². The van der Waals surface area contributed by atoms with Crippen molar-refractivity contribution in [3.8, 4) is 0 Å². The minimum atomic E-state index is -0.773. The fraction of sp³-hybridized carbons (Fsp3) is 0.909. The van der Waals surface area contributed by atoms with Gasteiger partial charge in [0.2, 0.25) is 0 Å². The van der Waals surface area contributed by atoms with Gasteiger partial charge in [-0.05, 0) is 31.7 Å². The second kappa shape index (κ2) is 5.95. The maximum atomic E-state index is 10.7. The van der Waals surface area contributed by atoms with Gasteiger partial charge in [0, 0.05) is 19.1 Å². The Hall–Kier alpha value is -0.770. The predicted octanol–water partition coefficient (Wildman–Crippen LogP) is 1.76. The first-order chi connectivity index (χ1) is 7.19. The quantitative estimate of drug-likeness (QED) is 0.750. The summed E-state index contributed by atoms with van der Waals surface area (Å²) in [5.74, 6) is 0.644. The molecule has 1 amide bonds. The van der Waals surface area contributed by atoms with Crippen molar-refractivity contribution >= 4 is 6.09 Å². The van der Waals surface area contributed by atoms with Crippen LogP contribution in [0.5, 0.6) is 0 Å². The van der Waals surface area contributed by atoms with Crippen molar-refractivity contribution in [3.05, 3.63) is 0 Å². The van der Waals surface area contributed by atoms with Gasteiger partial charge in [-0.3, -0.25) is 0 Å². The smallest absolute Gasteiger partial charge is 0.407 e. The number of hydrogen-bond donors (Lipinski definition) is 2. The zero-order chi connectivity index (χ0) is 11.3. The topological polar surface area (TPSA) is 52.6 Å². The van der Waals surface area contributed by atoms with Crippen LogP contribution in [0.4, 0.5) is 4.79 Å². The van der Waals surface area contributed by atoms with E-state index in [1.54, 1.807) is 0 Å². The van der Waals surface area contributed by atoms with Crippen molar-refractivity contribution in [2.45, 2.75) is 39.2 Å². The number of nitrogens with zero attached hydrogens (tertiary/aromatic N) is 1. The molecule has 1 heterocycles. The van der Waals surface area contributed by atoms with E-state index in [0.717, 1.165) is 25.8 Å². The van der Waals surface area contributed by atoms with Crippen LogP contribution in [0.3, 0.4) is 0 Å². The number of piperidine rings is 1. The lowest BCUT2D eigenvalue weighted by Gasteiger charge is -2.34. The molecule has 1 atom stereocenters. The molecule has 1 saturated heterocycles. The van der Waals surface area contributed by atoms with Gasteiger partial charge in [0.15, 0.2) is 0 Å². The van der Waals surface area contributed by atoms with Gasteiger partial charge in [-0.1, -0.05) is 13.8 Å². The molecule has 1 aliphatic heterocycles. The SMILES string of the molecule is CCNC(CC)C1CCN(C(=O)O)CC1. The molecule has 0 aromatic rings. The number of hydrogen-bond acceptors (Lipinski definition) is 2. The highest BCUT2D eigenvalue weighted by molar-refractivity contribution is 5.64. The summed E-state index contributed by atoms with van der Waals surface area (Å²) in [6.45, 7) is 6.70. The van der Waals surface area contributed by atoms with Gasteiger partial charge in [-0.25, -0.2) is 4.79 Å². The molecular formula is C11H22N2O2. The number of carbonyl (C=O) groups is 1. The van der Waals surface area contributed by atoms with Crippen LogP contribution in [0, 0.1) is 5.92 Å². The summed E-state index contributed by atoms with van der Waals surface area (Å²) < 4.78 is 0. The van der Waals surface area contributed by atoms with Crippen LogP contribution < -0.4 is 5.32 Å². The van der Waals surface area contributed by atoms with E-state index < -0.39 is 6.09 Å². The fourth-order valence-corrected chi connectivity index (χ4v) is 2.40. The Bertz CT molecular complexity index is 201. The van der Waals surface area contributed by atoms with Crippen molar-refractivity contribution in [1.82, 2.24) is 10.2 Å². The molecule has 4 nitrogen and oxygen atoms in total. The first kappa shape index (κ1) is 12.3. The molecule has 1 aliphatic rings. The minimum Gasteiger partial charge on any atom is -0.465 e. The molecule has 4 heteroatoms. The summed E-state index contributed by atoms with van der Waals surface area (Å²) in [6.07, 6.45) is 2.35. The summed E-state index contributed by atoms with van der Waals surface area (Å²) in [6, 6.07) is 0.561. The second-order valence-corrected chi connectivity index (χ2v) is 4.18. The minimum absolute atomic E-state index is 0.561. The highest BCUT2D eigenvalue weighted by atomic mass is 16.4. The zero-order valence-electron chi connectivity index (χ0n) is 9.70. The fourth-order valence-electron chi connectivity index (χ4n) is 2.40. The number of carboxylic acid groups (broad SMARTS) is 1. The van der Waals surface area contributed by atoms with E-state index in [1.807, 2.05) is 0 Å². The van der Waals surface area contributed by atoms with Crippen molar-refractivity contribution in [2.75, 3.05) is 19.6 Å². The molecular weight excluding hydrogens is 192 g/mol. The molecule has 88 valence electrons. The largest absolute Gasteiger partial charge is 0.465 e. The maximum absolute atomic E-state index is 10.7. The molecule has 0 aromatic heterocycles. The van der Waals surface area contributed by atoms with Crippen LogP contribution in [0.15, 0.2) is 0 Å². The van der Waals surface area contributed by atoms with Crippen molar-refractivity contribution < 1.29 is 9.90 Å². The van der Waals surface area contributed by atoms with E-state index in [-0.39, 0.29) is 0 Å². The Morgan fingerprint density at radius 1 is 1.47 bits per heavy atom. The first-order valence-electron chi connectivity index (χ1n) is 5.90. The number of rotatable bonds is 4. The summed E-state index contributed by atoms with van der Waals surface area (Å²) >= 11 is 0. The van der Waals surface area contributed by atoms with Gasteiger partial charge < -0.3 is 15.3 Å². The third-order valence-corrected chi connectivity index (χ3v) is 3.29. The van der Waals surface area contributed by atoms with Crippen LogP contribution in [-0.4, -0.2) is 41.8 Å². The highest BCUT2D eigenvalue weighted by Crippen LogP contribution is 2.22. The Balaban J connectivity index is 2.38. The Labute approximate surface area is 91.6 Å². The Morgan fingerprint density at radius 2 is 2.07 bits per heavy atom. The molecule has 1 rings (SSSR count). The van der Waals surface area contributed by atoms with Crippen molar-refractivity contribution in [1.29, 1.82) is 0 Å². The van der Waals surface area contributed by atoms with E-state index in [4.69, 9.17) is 5.11 Å². The number of amides is 1. The third kappa shape index (κ3) is 3.38. The van der Waals surface area contributed by atoms with E-state index in [9.17, 15) is 4.79 Å². The lowest BCUT2D eigenvalue weighted by molar-refractivity contribution is 0.116. The number of nitrogens with one attached hydrogen (secondary N) is 1. The Morgan fingerprint density at radius 3 is 2.47 bits per heavy atom. The second-order valence-electron chi connectivity index (χ2n) is 4.18. The van der Waals surface area contributed by atoms with Gasteiger partial charge in [-0.15, -0.1) is 0 Å². The first-order valence-corrected chi connectivity index (χ1v) is 5.90. The van der Waals surface area contributed by atoms with Crippen LogP contribution in [-0.2, 0) is 0 Å². The highest BCUT2D eigenvalue weighted by Gasteiger charge is 2.26. The monoisotopic (exact) mass is 214 g/mol. The van der Waals surface area contributed by atoms with Gasteiger partial charge in [0.25, 0.3) is 0 Å². The molecule has 0 aliphatic carbocycles. The van der Waals surface area contributed by atoms with Gasteiger partial charge >= 0.3 is 6.09 Å². The van der Waals surface area contributed by atoms with Gasteiger partial charge in [0.1, 0.15) is 0 Å². The maximum Gasteiger partial charge on any atom is 0.407 e.